The lowest BCUT2D eigenvalue weighted by Gasteiger charge is -2.12. The molecule has 0 atom stereocenters. The molecule has 0 bridgehead atoms. The number of halogens is 3. The van der Waals surface area contributed by atoms with E-state index in [1.54, 1.807) is 12.1 Å². The largest absolute Gasteiger partial charge is 0.573 e. The van der Waals surface area contributed by atoms with E-state index < -0.39 is 6.36 Å². The lowest BCUT2D eigenvalue weighted by atomic mass is 10.2. The van der Waals surface area contributed by atoms with E-state index in [2.05, 4.69) is 4.74 Å². The van der Waals surface area contributed by atoms with E-state index in [1.807, 2.05) is 13.0 Å². The third-order valence-electron chi connectivity index (χ3n) is 2.55. The first-order chi connectivity index (χ1) is 9.35. The molecule has 0 aliphatic heterocycles. The van der Waals surface area contributed by atoms with Crippen molar-refractivity contribution >= 4 is 5.69 Å². The van der Waals surface area contributed by atoms with Gasteiger partial charge in [0.25, 0.3) is 0 Å². The van der Waals surface area contributed by atoms with Gasteiger partial charge < -0.3 is 15.2 Å². The number of rotatable bonds is 3. The zero-order valence-electron chi connectivity index (χ0n) is 10.6. The summed E-state index contributed by atoms with van der Waals surface area (Å²) >= 11 is 0. The molecule has 0 radical (unpaired) electrons. The summed E-state index contributed by atoms with van der Waals surface area (Å²) in [4.78, 5) is 0. The Morgan fingerprint density at radius 2 is 1.65 bits per heavy atom. The van der Waals surface area contributed by atoms with Gasteiger partial charge in [-0.05, 0) is 30.7 Å². The molecule has 0 aliphatic rings. The molecule has 106 valence electrons. The van der Waals surface area contributed by atoms with Gasteiger partial charge in [0.1, 0.15) is 11.5 Å². The SMILES string of the molecule is Cc1cccc(Oc2cccc(OC(F)(F)F)c2)c1N. The molecule has 0 spiro atoms. The monoisotopic (exact) mass is 283 g/mol. The minimum absolute atomic E-state index is 0.212. The number of ether oxygens (including phenoxy) is 2. The molecule has 2 N–H and O–H groups in total. The average molecular weight is 283 g/mol. The molecule has 6 heteroatoms. The minimum atomic E-state index is -4.74. The van der Waals surface area contributed by atoms with Gasteiger partial charge in [0, 0.05) is 6.07 Å². The number of para-hydroxylation sites is 1. The van der Waals surface area contributed by atoms with Gasteiger partial charge in [0.05, 0.1) is 5.69 Å². The predicted molar refractivity (Wildman–Crippen MR) is 68.8 cm³/mol. The van der Waals surface area contributed by atoms with Crippen molar-refractivity contribution in [2.45, 2.75) is 13.3 Å². The molecule has 0 amide bonds. The highest BCUT2D eigenvalue weighted by molar-refractivity contribution is 5.59. The van der Waals surface area contributed by atoms with Gasteiger partial charge >= 0.3 is 6.36 Å². The Morgan fingerprint density at radius 1 is 1.00 bits per heavy atom. The van der Waals surface area contributed by atoms with Gasteiger partial charge in [0.15, 0.2) is 5.75 Å². The molecule has 3 nitrogen and oxygen atoms in total. The zero-order valence-corrected chi connectivity index (χ0v) is 10.6. The molecule has 0 saturated carbocycles. The maximum absolute atomic E-state index is 12.1. The standard InChI is InChI=1S/C14H12F3NO2/c1-9-4-2-7-12(13(9)18)19-10-5-3-6-11(8-10)20-14(15,16)17/h2-8H,18H2,1H3. The number of anilines is 1. The van der Waals surface area contributed by atoms with Crippen molar-refractivity contribution in [2.24, 2.45) is 0 Å². The van der Waals surface area contributed by atoms with Crippen LogP contribution >= 0.6 is 0 Å². The highest BCUT2D eigenvalue weighted by Crippen LogP contribution is 2.32. The van der Waals surface area contributed by atoms with Crippen LogP contribution in [-0.4, -0.2) is 6.36 Å². The molecular formula is C14H12F3NO2. The Hall–Kier alpha value is -2.37. The van der Waals surface area contributed by atoms with Gasteiger partial charge in [0.2, 0.25) is 0 Å². The van der Waals surface area contributed by atoms with Crippen LogP contribution in [0, 0.1) is 6.92 Å². The van der Waals surface area contributed by atoms with Gasteiger partial charge in [-0.25, -0.2) is 0 Å². The highest BCUT2D eigenvalue weighted by Gasteiger charge is 2.31. The van der Waals surface area contributed by atoms with Gasteiger partial charge in [-0.15, -0.1) is 13.2 Å². The summed E-state index contributed by atoms with van der Waals surface area (Å²) in [6.07, 6.45) is -4.74. The molecule has 0 aliphatic carbocycles. The van der Waals surface area contributed by atoms with Crippen LogP contribution in [-0.2, 0) is 0 Å². The maximum atomic E-state index is 12.1. The van der Waals surface area contributed by atoms with Crippen molar-refractivity contribution in [3.05, 3.63) is 48.0 Å². The third-order valence-corrected chi connectivity index (χ3v) is 2.55. The van der Waals surface area contributed by atoms with Crippen LogP contribution in [0.2, 0.25) is 0 Å². The fraction of sp³-hybridized carbons (Fsp3) is 0.143. The Balaban J connectivity index is 2.22. The normalized spacial score (nSPS) is 11.2. The van der Waals surface area contributed by atoms with Crippen molar-refractivity contribution in [3.63, 3.8) is 0 Å². The molecule has 2 aromatic carbocycles. The lowest BCUT2D eigenvalue weighted by Crippen LogP contribution is -2.17. The molecule has 0 unspecified atom stereocenters. The summed E-state index contributed by atoms with van der Waals surface area (Å²) in [7, 11) is 0. The second-order valence-electron chi connectivity index (χ2n) is 4.11. The number of hydrogen-bond donors (Lipinski definition) is 1. The van der Waals surface area contributed by atoms with Crippen molar-refractivity contribution in [3.8, 4) is 17.2 Å². The fourth-order valence-corrected chi connectivity index (χ4v) is 1.60. The average Bonchev–Trinajstić information content (AvgIpc) is 2.33. The van der Waals surface area contributed by atoms with Crippen molar-refractivity contribution in [1.82, 2.24) is 0 Å². The second kappa shape index (κ2) is 5.32. The first-order valence-corrected chi connectivity index (χ1v) is 5.74. The van der Waals surface area contributed by atoms with E-state index in [4.69, 9.17) is 10.5 Å². The quantitative estimate of drug-likeness (QED) is 0.856. The summed E-state index contributed by atoms with van der Waals surface area (Å²) in [5.41, 5.74) is 7.10. The molecule has 2 aromatic rings. The Labute approximate surface area is 113 Å². The summed E-state index contributed by atoms with van der Waals surface area (Å²) in [5, 5.41) is 0. The van der Waals surface area contributed by atoms with Crippen LogP contribution in [0.5, 0.6) is 17.2 Å². The van der Waals surface area contributed by atoms with Gasteiger partial charge in [-0.3, -0.25) is 0 Å². The zero-order chi connectivity index (χ0) is 14.8. The molecule has 20 heavy (non-hydrogen) atoms. The van der Waals surface area contributed by atoms with Crippen LogP contribution in [0.1, 0.15) is 5.56 Å². The summed E-state index contributed by atoms with van der Waals surface area (Å²) in [5.74, 6) is 0.249. The number of alkyl halides is 3. The highest BCUT2D eigenvalue weighted by atomic mass is 19.4. The molecule has 2 rings (SSSR count). The Kier molecular flexibility index (Phi) is 3.74. The topological polar surface area (TPSA) is 44.5 Å². The molecule has 0 aromatic heterocycles. The fourth-order valence-electron chi connectivity index (χ4n) is 1.60. The van der Waals surface area contributed by atoms with Crippen LogP contribution in [0.25, 0.3) is 0 Å². The maximum Gasteiger partial charge on any atom is 0.573 e. The number of nitrogens with two attached hydrogens (primary N) is 1. The first-order valence-electron chi connectivity index (χ1n) is 5.74. The second-order valence-corrected chi connectivity index (χ2v) is 4.11. The van der Waals surface area contributed by atoms with E-state index >= 15 is 0 Å². The van der Waals surface area contributed by atoms with Crippen LogP contribution in [0.3, 0.4) is 0 Å². The van der Waals surface area contributed by atoms with Crippen molar-refractivity contribution in [2.75, 3.05) is 5.73 Å². The van der Waals surface area contributed by atoms with Crippen molar-refractivity contribution in [1.29, 1.82) is 0 Å². The van der Waals surface area contributed by atoms with E-state index in [-0.39, 0.29) is 11.5 Å². The number of nitrogen functional groups attached to an aromatic ring is 1. The van der Waals surface area contributed by atoms with E-state index in [0.717, 1.165) is 11.6 Å². The van der Waals surface area contributed by atoms with E-state index in [9.17, 15) is 13.2 Å². The van der Waals surface area contributed by atoms with Crippen LogP contribution in [0.15, 0.2) is 42.5 Å². The lowest BCUT2D eigenvalue weighted by molar-refractivity contribution is -0.274. The van der Waals surface area contributed by atoms with Crippen LogP contribution in [0.4, 0.5) is 18.9 Å². The molecule has 0 heterocycles. The third kappa shape index (κ3) is 3.57. The smallest absolute Gasteiger partial charge is 0.455 e. The minimum Gasteiger partial charge on any atom is -0.455 e. The van der Waals surface area contributed by atoms with Gasteiger partial charge in [-0.2, -0.15) is 0 Å². The summed E-state index contributed by atoms with van der Waals surface area (Å²) in [6.45, 7) is 1.81. The number of benzene rings is 2. The Morgan fingerprint density at radius 3 is 2.35 bits per heavy atom. The van der Waals surface area contributed by atoms with Crippen molar-refractivity contribution < 1.29 is 22.6 Å². The summed E-state index contributed by atoms with van der Waals surface area (Å²) in [6, 6.07) is 10.5. The Bertz CT molecular complexity index is 612. The van der Waals surface area contributed by atoms with E-state index in [0.29, 0.717) is 11.4 Å². The van der Waals surface area contributed by atoms with E-state index in [1.165, 1.54) is 18.2 Å². The van der Waals surface area contributed by atoms with Gasteiger partial charge in [-0.1, -0.05) is 18.2 Å². The summed E-state index contributed by atoms with van der Waals surface area (Å²) < 4.78 is 45.7. The number of aryl methyl sites for hydroxylation is 1. The molecule has 0 fully saturated rings. The predicted octanol–water partition coefficient (Wildman–Crippen LogP) is 4.27. The van der Waals surface area contributed by atoms with Crippen LogP contribution < -0.4 is 15.2 Å². The first kappa shape index (κ1) is 14.0. The molecular weight excluding hydrogens is 271 g/mol. The molecule has 0 saturated heterocycles. The number of hydrogen-bond acceptors (Lipinski definition) is 3.